The lowest BCUT2D eigenvalue weighted by atomic mass is 10.2. The van der Waals surface area contributed by atoms with Gasteiger partial charge in [0, 0.05) is 11.8 Å². The largest absolute Gasteiger partial charge is 0.383 e. The molecule has 92 valence electrons. The highest BCUT2D eigenvalue weighted by Gasteiger charge is 2.07. The minimum Gasteiger partial charge on any atom is -0.383 e. The number of aromatic amines is 1. The maximum atomic E-state index is 11.2. The molecule has 2 rings (SSSR count). The van der Waals surface area contributed by atoms with E-state index < -0.39 is 0 Å². The minimum absolute atomic E-state index is 0.263. The van der Waals surface area contributed by atoms with Gasteiger partial charge in [-0.3, -0.25) is 9.78 Å². The average molecular weight is 253 g/mol. The Morgan fingerprint density at radius 2 is 2.35 bits per heavy atom. The molecule has 0 amide bonds. The Morgan fingerprint density at radius 1 is 1.59 bits per heavy atom. The van der Waals surface area contributed by atoms with E-state index in [4.69, 9.17) is 5.73 Å². The molecule has 0 fully saturated rings. The molecule has 2 aromatic heterocycles. The van der Waals surface area contributed by atoms with Gasteiger partial charge in [0.15, 0.2) is 0 Å². The second kappa shape index (κ2) is 4.79. The number of anilines is 1. The van der Waals surface area contributed by atoms with Crippen LogP contribution in [0, 0.1) is 5.92 Å². The summed E-state index contributed by atoms with van der Waals surface area (Å²) in [6.07, 6.45) is 1.10. The van der Waals surface area contributed by atoms with E-state index in [0.717, 1.165) is 12.2 Å². The zero-order valence-electron chi connectivity index (χ0n) is 9.80. The van der Waals surface area contributed by atoms with Crippen molar-refractivity contribution in [1.82, 2.24) is 19.6 Å². The quantitative estimate of drug-likeness (QED) is 0.797. The molecule has 0 saturated heterocycles. The zero-order valence-corrected chi connectivity index (χ0v) is 10.6. The van der Waals surface area contributed by atoms with E-state index >= 15 is 0 Å². The number of thioether (sulfide) groups is 1. The second-order valence-corrected chi connectivity index (χ2v) is 5.28. The van der Waals surface area contributed by atoms with Crippen molar-refractivity contribution in [1.29, 1.82) is 0 Å². The average Bonchev–Trinajstić information content (AvgIpc) is 2.60. The van der Waals surface area contributed by atoms with Crippen LogP contribution in [0.15, 0.2) is 16.0 Å². The highest BCUT2D eigenvalue weighted by atomic mass is 32.2. The van der Waals surface area contributed by atoms with Crippen molar-refractivity contribution in [2.75, 3.05) is 11.5 Å². The SMILES string of the molecule is CC(C)CCSc1nc2[nH]c(=O)cc(N)n2n1. The molecular formula is C10H15N5OS. The molecule has 7 heteroatoms. The molecule has 17 heavy (non-hydrogen) atoms. The third-order valence-electron chi connectivity index (χ3n) is 2.27. The lowest BCUT2D eigenvalue weighted by molar-refractivity contribution is 0.631. The summed E-state index contributed by atoms with van der Waals surface area (Å²) in [5.74, 6) is 2.30. The molecule has 0 aliphatic carbocycles. The number of nitrogens with two attached hydrogens (primary N) is 1. The fourth-order valence-corrected chi connectivity index (χ4v) is 2.41. The number of hydrogen-bond acceptors (Lipinski definition) is 5. The molecule has 0 bridgehead atoms. The number of H-pyrrole nitrogens is 1. The topological polar surface area (TPSA) is 89.1 Å². The summed E-state index contributed by atoms with van der Waals surface area (Å²) < 4.78 is 1.44. The van der Waals surface area contributed by atoms with Crippen LogP contribution in [0.2, 0.25) is 0 Å². The molecule has 2 aromatic rings. The van der Waals surface area contributed by atoms with Crippen LogP contribution in [0.4, 0.5) is 5.82 Å². The first-order valence-electron chi connectivity index (χ1n) is 5.44. The standard InChI is InChI=1S/C10H15N5OS/c1-6(2)3-4-17-10-13-9-12-8(16)5-7(11)15(9)14-10/h5-6H,3-4,11H2,1-2H3,(H,12,13,14,16). The van der Waals surface area contributed by atoms with Gasteiger partial charge in [-0.05, 0) is 12.3 Å². The van der Waals surface area contributed by atoms with Gasteiger partial charge in [0.05, 0.1) is 0 Å². The lowest BCUT2D eigenvalue weighted by Crippen LogP contribution is -2.11. The highest BCUT2D eigenvalue weighted by molar-refractivity contribution is 7.99. The summed E-state index contributed by atoms with van der Waals surface area (Å²) in [7, 11) is 0. The monoisotopic (exact) mass is 253 g/mol. The summed E-state index contributed by atoms with van der Waals surface area (Å²) in [4.78, 5) is 18.0. The van der Waals surface area contributed by atoms with E-state index in [2.05, 4.69) is 28.9 Å². The van der Waals surface area contributed by atoms with Crippen molar-refractivity contribution in [3.8, 4) is 0 Å². The lowest BCUT2D eigenvalue weighted by Gasteiger charge is -2.00. The molecule has 6 nitrogen and oxygen atoms in total. The number of aromatic nitrogens is 4. The summed E-state index contributed by atoms with van der Waals surface area (Å²) in [6.45, 7) is 4.35. The first-order chi connectivity index (χ1) is 8.06. The van der Waals surface area contributed by atoms with Crippen molar-refractivity contribution >= 4 is 23.4 Å². The second-order valence-electron chi connectivity index (χ2n) is 4.22. The summed E-state index contributed by atoms with van der Waals surface area (Å²) in [5, 5.41) is 4.86. The van der Waals surface area contributed by atoms with Crippen LogP contribution in [-0.4, -0.2) is 25.3 Å². The van der Waals surface area contributed by atoms with E-state index in [1.54, 1.807) is 11.8 Å². The van der Waals surface area contributed by atoms with E-state index in [9.17, 15) is 4.79 Å². The van der Waals surface area contributed by atoms with Crippen LogP contribution < -0.4 is 11.3 Å². The van der Waals surface area contributed by atoms with Gasteiger partial charge in [-0.1, -0.05) is 25.6 Å². The minimum atomic E-state index is -0.263. The molecule has 3 N–H and O–H groups in total. The summed E-state index contributed by atoms with van der Waals surface area (Å²) in [6, 6.07) is 1.30. The van der Waals surface area contributed by atoms with Crippen molar-refractivity contribution in [2.45, 2.75) is 25.4 Å². The predicted octanol–water partition coefficient (Wildman–Crippen LogP) is 1.14. The van der Waals surface area contributed by atoms with E-state index in [0.29, 0.717) is 22.7 Å². The van der Waals surface area contributed by atoms with Gasteiger partial charge in [-0.15, -0.1) is 5.10 Å². The van der Waals surface area contributed by atoms with Crippen LogP contribution in [0.1, 0.15) is 20.3 Å². The smallest absolute Gasteiger partial charge is 0.254 e. The van der Waals surface area contributed by atoms with Crippen molar-refractivity contribution < 1.29 is 0 Å². The molecule has 0 aliphatic rings. The van der Waals surface area contributed by atoms with Gasteiger partial charge in [-0.25, -0.2) is 0 Å². The number of fused-ring (bicyclic) bond motifs is 1. The van der Waals surface area contributed by atoms with Crippen LogP contribution in [0.3, 0.4) is 0 Å². The first-order valence-corrected chi connectivity index (χ1v) is 6.43. The molecule has 0 aliphatic heterocycles. The molecule has 0 atom stereocenters. The fourth-order valence-electron chi connectivity index (χ4n) is 1.34. The molecule has 0 radical (unpaired) electrons. The van der Waals surface area contributed by atoms with Gasteiger partial charge < -0.3 is 5.73 Å². The number of nitrogen functional groups attached to an aromatic ring is 1. The third-order valence-corrected chi connectivity index (χ3v) is 3.14. The molecule has 0 saturated carbocycles. The number of nitrogens with one attached hydrogen (secondary N) is 1. The Hall–Kier alpha value is -1.50. The maximum absolute atomic E-state index is 11.2. The summed E-state index contributed by atoms with van der Waals surface area (Å²) >= 11 is 1.57. The van der Waals surface area contributed by atoms with Gasteiger partial charge in [0.1, 0.15) is 5.82 Å². The van der Waals surface area contributed by atoms with E-state index in [1.165, 1.54) is 10.6 Å². The molecule has 2 heterocycles. The number of hydrogen-bond donors (Lipinski definition) is 2. The highest BCUT2D eigenvalue weighted by Crippen LogP contribution is 2.17. The van der Waals surface area contributed by atoms with Crippen LogP contribution in [0.5, 0.6) is 0 Å². The first kappa shape index (κ1) is 12.0. The van der Waals surface area contributed by atoms with E-state index in [1.807, 2.05) is 0 Å². The van der Waals surface area contributed by atoms with E-state index in [-0.39, 0.29) is 5.56 Å². The van der Waals surface area contributed by atoms with Crippen LogP contribution in [0.25, 0.3) is 5.78 Å². The number of rotatable bonds is 4. The van der Waals surface area contributed by atoms with Crippen molar-refractivity contribution in [3.05, 3.63) is 16.4 Å². The molecule has 0 unspecified atom stereocenters. The predicted molar refractivity (Wildman–Crippen MR) is 68.2 cm³/mol. The normalized spacial score (nSPS) is 11.5. The maximum Gasteiger partial charge on any atom is 0.254 e. The fraction of sp³-hybridized carbons (Fsp3) is 0.500. The Morgan fingerprint density at radius 3 is 3.06 bits per heavy atom. The third kappa shape index (κ3) is 2.79. The Balaban J connectivity index is 2.20. The van der Waals surface area contributed by atoms with Gasteiger partial charge in [0.25, 0.3) is 5.56 Å². The zero-order chi connectivity index (χ0) is 12.4. The Labute approximate surface area is 103 Å². The van der Waals surface area contributed by atoms with Crippen molar-refractivity contribution in [3.63, 3.8) is 0 Å². The molecule has 0 spiro atoms. The van der Waals surface area contributed by atoms with Gasteiger partial charge in [0.2, 0.25) is 10.9 Å². The Bertz CT molecular complexity index is 574. The summed E-state index contributed by atoms with van der Waals surface area (Å²) in [5.41, 5.74) is 5.42. The number of nitrogens with zero attached hydrogens (tertiary/aromatic N) is 3. The Kier molecular flexibility index (Phi) is 3.37. The van der Waals surface area contributed by atoms with Crippen LogP contribution >= 0.6 is 11.8 Å². The van der Waals surface area contributed by atoms with Gasteiger partial charge in [-0.2, -0.15) is 9.50 Å². The van der Waals surface area contributed by atoms with Gasteiger partial charge >= 0.3 is 0 Å². The molecular weight excluding hydrogens is 238 g/mol. The van der Waals surface area contributed by atoms with Crippen LogP contribution in [-0.2, 0) is 0 Å². The molecule has 0 aromatic carbocycles. The van der Waals surface area contributed by atoms with Crippen molar-refractivity contribution in [2.24, 2.45) is 5.92 Å².